The van der Waals surface area contributed by atoms with Gasteiger partial charge in [-0.05, 0) is 23.1 Å². The molecule has 3 atom stereocenters. The molecule has 4 heteroatoms. The van der Waals surface area contributed by atoms with Gasteiger partial charge >= 0.3 is 0 Å². The van der Waals surface area contributed by atoms with Crippen LogP contribution in [-0.2, 0) is 16.0 Å². The van der Waals surface area contributed by atoms with E-state index in [2.05, 4.69) is 5.32 Å². The lowest BCUT2D eigenvalue weighted by Gasteiger charge is -2.21. The maximum Gasteiger partial charge on any atom is 0.254 e. The highest BCUT2D eigenvalue weighted by molar-refractivity contribution is 5.82. The lowest BCUT2D eigenvalue weighted by molar-refractivity contribution is -0.133. The molecule has 0 fully saturated rings. The molecular formula is C18H19NO3. The monoisotopic (exact) mass is 297 g/mol. The van der Waals surface area contributed by atoms with Crippen molar-refractivity contribution in [1.29, 1.82) is 0 Å². The molecule has 0 bridgehead atoms. The number of ether oxygens (including phenoxy) is 1. The minimum Gasteiger partial charge on any atom is -0.386 e. The van der Waals surface area contributed by atoms with Crippen molar-refractivity contribution in [2.75, 3.05) is 7.11 Å². The van der Waals surface area contributed by atoms with E-state index in [1.165, 1.54) is 7.11 Å². The third-order valence-electron chi connectivity index (χ3n) is 4.10. The molecule has 0 aliphatic heterocycles. The molecule has 0 saturated carbocycles. The normalized spacial score (nSPS) is 21.2. The second kappa shape index (κ2) is 6.30. The highest BCUT2D eigenvalue weighted by atomic mass is 16.5. The van der Waals surface area contributed by atoms with Gasteiger partial charge in [0, 0.05) is 7.11 Å². The number of carbonyl (C=O) groups excluding carboxylic acids is 1. The van der Waals surface area contributed by atoms with E-state index in [0.717, 1.165) is 16.7 Å². The van der Waals surface area contributed by atoms with E-state index < -0.39 is 12.2 Å². The standard InChI is InChI=1S/C18H19NO3/c1-22-17(12-7-3-2-4-8-12)18(21)19-15-11-13-9-5-6-10-14(13)16(15)20/h2-10,15-17,20H,11H2,1H3,(H,19,21). The first kappa shape index (κ1) is 14.8. The number of aliphatic hydroxyl groups is 1. The molecule has 2 N–H and O–H groups in total. The molecule has 2 aromatic carbocycles. The number of nitrogens with one attached hydrogen (secondary N) is 1. The fourth-order valence-electron chi connectivity index (χ4n) is 2.98. The molecule has 3 unspecified atom stereocenters. The van der Waals surface area contributed by atoms with Gasteiger partial charge in [0.25, 0.3) is 5.91 Å². The molecule has 114 valence electrons. The Morgan fingerprint density at radius 3 is 2.55 bits per heavy atom. The van der Waals surface area contributed by atoms with Crippen molar-refractivity contribution in [3.63, 3.8) is 0 Å². The van der Waals surface area contributed by atoms with Crippen molar-refractivity contribution >= 4 is 5.91 Å². The third-order valence-corrected chi connectivity index (χ3v) is 4.10. The molecule has 0 radical (unpaired) electrons. The topological polar surface area (TPSA) is 58.6 Å². The van der Waals surface area contributed by atoms with Crippen LogP contribution in [0.5, 0.6) is 0 Å². The number of hydrogen-bond donors (Lipinski definition) is 2. The molecule has 0 saturated heterocycles. The zero-order valence-corrected chi connectivity index (χ0v) is 12.4. The number of benzene rings is 2. The van der Waals surface area contributed by atoms with Crippen LogP contribution in [0.3, 0.4) is 0 Å². The summed E-state index contributed by atoms with van der Waals surface area (Å²) in [6.07, 6.45) is -0.709. The van der Waals surface area contributed by atoms with Gasteiger partial charge in [0.15, 0.2) is 6.10 Å². The van der Waals surface area contributed by atoms with Crippen LogP contribution in [0.25, 0.3) is 0 Å². The van der Waals surface area contributed by atoms with Crippen molar-refractivity contribution in [2.24, 2.45) is 0 Å². The van der Waals surface area contributed by atoms with Crippen LogP contribution in [-0.4, -0.2) is 24.2 Å². The summed E-state index contributed by atoms with van der Waals surface area (Å²) in [7, 11) is 1.51. The van der Waals surface area contributed by atoms with Crippen molar-refractivity contribution in [3.05, 3.63) is 71.3 Å². The van der Waals surface area contributed by atoms with Crippen LogP contribution in [0.4, 0.5) is 0 Å². The summed E-state index contributed by atoms with van der Waals surface area (Å²) in [5, 5.41) is 13.3. The SMILES string of the molecule is COC(C(=O)NC1Cc2ccccc2C1O)c1ccccc1. The fraction of sp³-hybridized carbons (Fsp3) is 0.278. The van der Waals surface area contributed by atoms with E-state index in [0.29, 0.717) is 6.42 Å². The summed E-state index contributed by atoms with van der Waals surface area (Å²) in [6.45, 7) is 0. The number of amides is 1. The van der Waals surface area contributed by atoms with E-state index in [1.54, 1.807) is 0 Å². The Hall–Kier alpha value is -2.17. The van der Waals surface area contributed by atoms with E-state index in [-0.39, 0.29) is 11.9 Å². The second-order valence-corrected chi connectivity index (χ2v) is 5.49. The first-order valence-corrected chi connectivity index (χ1v) is 7.34. The van der Waals surface area contributed by atoms with Crippen molar-refractivity contribution in [3.8, 4) is 0 Å². The average Bonchev–Trinajstić information content (AvgIpc) is 2.86. The first-order chi connectivity index (χ1) is 10.7. The summed E-state index contributed by atoms with van der Waals surface area (Å²) in [6, 6.07) is 16.8. The van der Waals surface area contributed by atoms with Crippen molar-refractivity contribution in [1.82, 2.24) is 5.32 Å². The molecular weight excluding hydrogens is 278 g/mol. The summed E-state index contributed by atoms with van der Waals surface area (Å²) < 4.78 is 5.33. The molecule has 0 spiro atoms. The Bertz CT molecular complexity index is 656. The number of rotatable bonds is 4. The summed E-state index contributed by atoms with van der Waals surface area (Å²) in [5.41, 5.74) is 2.77. The smallest absolute Gasteiger partial charge is 0.254 e. The predicted molar refractivity (Wildman–Crippen MR) is 83.2 cm³/mol. The molecule has 22 heavy (non-hydrogen) atoms. The summed E-state index contributed by atoms with van der Waals surface area (Å²) in [4.78, 5) is 12.5. The highest BCUT2D eigenvalue weighted by Crippen LogP contribution is 2.31. The van der Waals surface area contributed by atoms with Crippen LogP contribution in [0.15, 0.2) is 54.6 Å². The quantitative estimate of drug-likeness (QED) is 0.909. The number of aliphatic hydroxyl groups excluding tert-OH is 1. The lowest BCUT2D eigenvalue weighted by Crippen LogP contribution is -2.41. The van der Waals surface area contributed by atoms with Crippen LogP contribution < -0.4 is 5.32 Å². The van der Waals surface area contributed by atoms with Crippen LogP contribution in [0.1, 0.15) is 28.9 Å². The van der Waals surface area contributed by atoms with E-state index in [1.807, 2.05) is 54.6 Å². The van der Waals surface area contributed by atoms with Crippen molar-refractivity contribution in [2.45, 2.75) is 24.7 Å². The number of methoxy groups -OCH3 is 1. The Morgan fingerprint density at radius 1 is 1.18 bits per heavy atom. The average molecular weight is 297 g/mol. The Morgan fingerprint density at radius 2 is 1.86 bits per heavy atom. The molecule has 1 aliphatic rings. The third kappa shape index (κ3) is 2.75. The highest BCUT2D eigenvalue weighted by Gasteiger charge is 2.33. The molecule has 3 rings (SSSR count). The lowest BCUT2D eigenvalue weighted by atomic mass is 10.1. The molecule has 1 amide bonds. The van der Waals surface area contributed by atoms with Gasteiger partial charge in [0.1, 0.15) is 0 Å². The predicted octanol–water partition coefficient (Wildman–Crippen LogP) is 2.15. The van der Waals surface area contributed by atoms with Gasteiger partial charge in [-0.25, -0.2) is 0 Å². The minimum absolute atomic E-state index is 0.231. The van der Waals surface area contributed by atoms with Gasteiger partial charge in [0.2, 0.25) is 0 Å². The first-order valence-electron chi connectivity index (χ1n) is 7.34. The number of hydrogen-bond acceptors (Lipinski definition) is 3. The fourth-order valence-corrected chi connectivity index (χ4v) is 2.98. The van der Waals surface area contributed by atoms with Gasteiger partial charge in [-0.15, -0.1) is 0 Å². The molecule has 0 heterocycles. The molecule has 0 aromatic heterocycles. The van der Waals surface area contributed by atoms with Crippen LogP contribution in [0.2, 0.25) is 0 Å². The maximum absolute atomic E-state index is 12.5. The van der Waals surface area contributed by atoms with Gasteiger partial charge < -0.3 is 15.2 Å². The van der Waals surface area contributed by atoms with Crippen LogP contribution >= 0.6 is 0 Å². The summed E-state index contributed by atoms with van der Waals surface area (Å²) >= 11 is 0. The minimum atomic E-state index is -0.673. The summed E-state index contributed by atoms with van der Waals surface area (Å²) in [5.74, 6) is -0.231. The maximum atomic E-state index is 12.5. The Balaban J connectivity index is 1.72. The van der Waals surface area contributed by atoms with E-state index in [4.69, 9.17) is 4.74 Å². The zero-order chi connectivity index (χ0) is 15.5. The van der Waals surface area contributed by atoms with Gasteiger partial charge in [-0.2, -0.15) is 0 Å². The van der Waals surface area contributed by atoms with Gasteiger partial charge in [0.05, 0.1) is 12.1 Å². The zero-order valence-electron chi connectivity index (χ0n) is 12.4. The molecule has 1 aliphatic carbocycles. The van der Waals surface area contributed by atoms with E-state index >= 15 is 0 Å². The largest absolute Gasteiger partial charge is 0.386 e. The number of carbonyl (C=O) groups is 1. The number of fused-ring (bicyclic) bond motifs is 1. The van der Waals surface area contributed by atoms with Gasteiger partial charge in [-0.3, -0.25) is 4.79 Å². The Kier molecular flexibility index (Phi) is 4.22. The van der Waals surface area contributed by atoms with Crippen molar-refractivity contribution < 1.29 is 14.6 Å². The molecule has 2 aromatic rings. The van der Waals surface area contributed by atoms with Crippen LogP contribution in [0, 0.1) is 0 Å². The van der Waals surface area contributed by atoms with Gasteiger partial charge in [-0.1, -0.05) is 54.6 Å². The second-order valence-electron chi connectivity index (χ2n) is 5.49. The molecule has 4 nitrogen and oxygen atoms in total. The Labute approximate surface area is 129 Å². The van der Waals surface area contributed by atoms with E-state index in [9.17, 15) is 9.90 Å².